The van der Waals surface area contributed by atoms with E-state index in [9.17, 15) is 4.39 Å². The summed E-state index contributed by atoms with van der Waals surface area (Å²) in [6.07, 6.45) is 14.1. The SMILES string of the molecule is CCC(=NCc1cnc(CC)s1)/C1=C/CCC=Cc2c1cnn2-c1ccc(F)cc1. The average Bonchev–Trinajstić information content (AvgIpc) is 3.37. The summed E-state index contributed by atoms with van der Waals surface area (Å²) in [5.41, 5.74) is 5.13. The average molecular weight is 421 g/mol. The molecule has 0 spiro atoms. The molecule has 1 aliphatic carbocycles. The summed E-state index contributed by atoms with van der Waals surface area (Å²) in [5.74, 6) is -0.250. The van der Waals surface area contributed by atoms with Gasteiger partial charge in [0, 0.05) is 27.9 Å². The second-order valence-corrected chi connectivity index (χ2v) is 8.32. The predicted octanol–water partition coefficient (Wildman–Crippen LogP) is 6.27. The van der Waals surface area contributed by atoms with Gasteiger partial charge in [-0.2, -0.15) is 5.10 Å². The second kappa shape index (κ2) is 9.30. The van der Waals surface area contributed by atoms with Crippen LogP contribution in [0.25, 0.3) is 17.3 Å². The van der Waals surface area contributed by atoms with Gasteiger partial charge in [0.15, 0.2) is 0 Å². The van der Waals surface area contributed by atoms with E-state index in [-0.39, 0.29) is 5.82 Å². The lowest BCUT2D eigenvalue weighted by Gasteiger charge is -2.13. The molecule has 0 aliphatic heterocycles. The maximum Gasteiger partial charge on any atom is 0.123 e. The number of rotatable bonds is 6. The van der Waals surface area contributed by atoms with Gasteiger partial charge in [-0.25, -0.2) is 14.1 Å². The van der Waals surface area contributed by atoms with Gasteiger partial charge in [-0.3, -0.25) is 4.99 Å². The Hall–Kier alpha value is -2.86. The van der Waals surface area contributed by atoms with Crippen LogP contribution >= 0.6 is 11.3 Å². The van der Waals surface area contributed by atoms with Gasteiger partial charge < -0.3 is 0 Å². The highest BCUT2D eigenvalue weighted by Crippen LogP contribution is 2.29. The minimum Gasteiger partial charge on any atom is -0.283 e. The molecule has 0 saturated carbocycles. The van der Waals surface area contributed by atoms with Crippen LogP contribution in [0, 0.1) is 5.82 Å². The van der Waals surface area contributed by atoms with Crippen molar-refractivity contribution in [2.75, 3.05) is 0 Å². The molecule has 4 nitrogen and oxygen atoms in total. The highest BCUT2D eigenvalue weighted by Gasteiger charge is 2.18. The van der Waals surface area contributed by atoms with Crippen LogP contribution < -0.4 is 0 Å². The molecule has 0 saturated heterocycles. The molecular formula is C24H25FN4S. The Morgan fingerprint density at radius 3 is 2.73 bits per heavy atom. The molecule has 1 aliphatic rings. The van der Waals surface area contributed by atoms with Crippen LogP contribution in [0.3, 0.4) is 0 Å². The van der Waals surface area contributed by atoms with Gasteiger partial charge in [0.25, 0.3) is 0 Å². The molecule has 2 aromatic heterocycles. The summed E-state index contributed by atoms with van der Waals surface area (Å²) in [6, 6.07) is 6.43. The molecule has 0 amide bonds. The molecule has 2 heterocycles. The number of allylic oxidation sites excluding steroid dienone is 3. The predicted molar refractivity (Wildman–Crippen MR) is 123 cm³/mol. The van der Waals surface area contributed by atoms with Crippen LogP contribution in [0.15, 0.2) is 53.8 Å². The van der Waals surface area contributed by atoms with E-state index in [1.165, 1.54) is 17.0 Å². The van der Waals surface area contributed by atoms with Gasteiger partial charge in [-0.05, 0) is 56.0 Å². The van der Waals surface area contributed by atoms with Crippen LogP contribution in [0.2, 0.25) is 0 Å². The Balaban J connectivity index is 1.70. The Bertz CT molecular complexity index is 1100. The van der Waals surface area contributed by atoms with E-state index in [0.29, 0.717) is 6.54 Å². The molecule has 0 fully saturated rings. The highest BCUT2D eigenvalue weighted by molar-refractivity contribution is 7.11. The third-order valence-corrected chi connectivity index (χ3v) is 6.23. The third kappa shape index (κ3) is 4.33. The van der Waals surface area contributed by atoms with Crippen LogP contribution in [-0.4, -0.2) is 20.5 Å². The zero-order valence-electron chi connectivity index (χ0n) is 17.3. The fraction of sp³-hybridized carbons (Fsp3) is 0.292. The third-order valence-electron chi connectivity index (χ3n) is 5.10. The molecular weight excluding hydrogens is 395 g/mol. The Labute approximate surface area is 180 Å². The first kappa shape index (κ1) is 20.4. The minimum atomic E-state index is -0.250. The van der Waals surface area contributed by atoms with Crippen molar-refractivity contribution in [2.45, 2.75) is 46.1 Å². The van der Waals surface area contributed by atoms with Crippen molar-refractivity contribution < 1.29 is 4.39 Å². The number of aromatic nitrogens is 3. The van der Waals surface area contributed by atoms with Crippen molar-refractivity contribution in [1.82, 2.24) is 14.8 Å². The van der Waals surface area contributed by atoms with E-state index in [2.05, 4.69) is 42.2 Å². The van der Waals surface area contributed by atoms with Crippen molar-refractivity contribution in [3.8, 4) is 5.69 Å². The van der Waals surface area contributed by atoms with E-state index in [1.807, 2.05) is 17.1 Å². The molecule has 0 unspecified atom stereocenters. The number of nitrogens with zero attached hydrogens (tertiary/aromatic N) is 4. The lowest BCUT2D eigenvalue weighted by Crippen LogP contribution is -2.05. The lowest BCUT2D eigenvalue weighted by molar-refractivity contribution is 0.627. The molecule has 0 atom stereocenters. The monoisotopic (exact) mass is 420 g/mol. The van der Waals surface area contributed by atoms with Crippen molar-refractivity contribution in [2.24, 2.45) is 4.99 Å². The fourth-order valence-corrected chi connectivity index (χ4v) is 4.35. The van der Waals surface area contributed by atoms with Crippen molar-refractivity contribution in [3.05, 3.63) is 75.8 Å². The number of fused-ring (bicyclic) bond motifs is 1. The molecule has 154 valence electrons. The van der Waals surface area contributed by atoms with Gasteiger partial charge in [-0.1, -0.05) is 26.0 Å². The molecule has 3 aromatic rings. The Kier molecular flexibility index (Phi) is 6.33. The summed E-state index contributed by atoms with van der Waals surface area (Å²) in [5, 5.41) is 5.77. The number of aryl methyl sites for hydroxylation is 1. The molecule has 0 bridgehead atoms. The first-order valence-electron chi connectivity index (χ1n) is 10.4. The van der Waals surface area contributed by atoms with Crippen molar-refractivity contribution in [1.29, 1.82) is 0 Å². The number of thiazole rings is 1. The minimum absolute atomic E-state index is 0.250. The van der Waals surface area contributed by atoms with Gasteiger partial charge >= 0.3 is 0 Å². The maximum atomic E-state index is 13.4. The largest absolute Gasteiger partial charge is 0.283 e. The van der Waals surface area contributed by atoms with Gasteiger partial charge in [0.2, 0.25) is 0 Å². The number of hydrogen-bond acceptors (Lipinski definition) is 4. The quantitative estimate of drug-likeness (QED) is 0.441. The Morgan fingerprint density at radius 1 is 1.17 bits per heavy atom. The van der Waals surface area contributed by atoms with Crippen LogP contribution in [-0.2, 0) is 13.0 Å². The van der Waals surface area contributed by atoms with Gasteiger partial charge in [0.1, 0.15) is 5.82 Å². The molecule has 6 heteroatoms. The fourth-order valence-electron chi connectivity index (χ4n) is 3.56. The smallest absolute Gasteiger partial charge is 0.123 e. The van der Waals surface area contributed by atoms with Crippen molar-refractivity contribution in [3.63, 3.8) is 0 Å². The molecule has 4 rings (SSSR count). The second-order valence-electron chi connectivity index (χ2n) is 7.12. The maximum absolute atomic E-state index is 13.4. The van der Waals surface area contributed by atoms with Crippen molar-refractivity contribution >= 4 is 28.7 Å². The summed E-state index contributed by atoms with van der Waals surface area (Å²) in [4.78, 5) is 10.6. The normalized spacial score (nSPS) is 16.0. The molecule has 0 N–H and O–H groups in total. The van der Waals surface area contributed by atoms with Gasteiger partial charge in [-0.15, -0.1) is 11.3 Å². The van der Waals surface area contributed by atoms with E-state index in [1.54, 1.807) is 23.5 Å². The van der Waals surface area contributed by atoms with Crippen LogP contribution in [0.5, 0.6) is 0 Å². The highest BCUT2D eigenvalue weighted by atomic mass is 32.1. The molecule has 1 aromatic carbocycles. The van der Waals surface area contributed by atoms with Crippen LogP contribution in [0.4, 0.5) is 4.39 Å². The molecule has 30 heavy (non-hydrogen) atoms. The standard InChI is InChI=1S/C24H25FN4S/c1-3-22(26-14-19-15-27-24(4-2)30-19)20-8-6-5-7-9-23-21(20)16-28-29(23)18-12-10-17(25)11-13-18/h7-13,15-16H,3-6,14H2,1-2H3/b9-7?,20-8+,26-22?. The first-order chi connectivity index (χ1) is 14.7. The first-order valence-corrected chi connectivity index (χ1v) is 11.2. The topological polar surface area (TPSA) is 43.1 Å². The zero-order chi connectivity index (χ0) is 20.9. The van der Waals surface area contributed by atoms with Crippen LogP contribution in [0.1, 0.15) is 54.3 Å². The van der Waals surface area contributed by atoms with E-state index in [4.69, 9.17) is 4.99 Å². The van der Waals surface area contributed by atoms with E-state index >= 15 is 0 Å². The number of benzene rings is 1. The number of aliphatic imine (C=N–C) groups is 1. The number of hydrogen-bond donors (Lipinski definition) is 0. The van der Waals surface area contributed by atoms with Gasteiger partial charge in [0.05, 0.1) is 29.1 Å². The summed E-state index contributed by atoms with van der Waals surface area (Å²) >= 11 is 1.73. The summed E-state index contributed by atoms with van der Waals surface area (Å²) < 4.78 is 15.2. The van der Waals surface area contributed by atoms with E-state index < -0.39 is 0 Å². The lowest BCUT2D eigenvalue weighted by atomic mass is 9.96. The number of halogens is 1. The Morgan fingerprint density at radius 2 is 2.00 bits per heavy atom. The van der Waals surface area contributed by atoms with E-state index in [0.717, 1.165) is 58.9 Å². The zero-order valence-corrected chi connectivity index (χ0v) is 18.1. The molecule has 0 radical (unpaired) electrons. The summed E-state index contributed by atoms with van der Waals surface area (Å²) in [6.45, 7) is 4.91. The summed E-state index contributed by atoms with van der Waals surface area (Å²) in [7, 11) is 0.